The van der Waals surface area contributed by atoms with E-state index in [4.69, 9.17) is 4.74 Å². The van der Waals surface area contributed by atoms with Crippen LogP contribution in [0.4, 0.5) is 0 Å². The molecule has 6 nitrogen and oxygen atoms in total. The summed E-state index contributed by atoms with van der Waals surface area (Å²) in [6.45, 7) is 6.29. The minimum atomic E-state index is -0.814. The molecule has 1 amide bonds. The van der Waals surface area contributed by atoms with E-state index in [0.717, 1.165) is 70.6 Å². The van der Waals surface area contributed by atoms with E-state index < -0.39 is 18.2 Å². The second kappa shape index (κ2) is 50.8. The van der Waals surface area contributed by atoms with Crippen molar-refractivity contribution in [1.29, 1.82) is 0 Å². The van der Waals surface area contributed by atoms with Crippen molar-refractivity contribution in [2.24, 2.45) is 0 Å². The van der Waals surface area contributed by atoms with Crippen LogP contribution in [0.3, 0.4) is 0 Å². The van der Waals surface area contributed by atoms with Crippen molar-refractivity contribution in [2.45, 2.75) is 251 Å². The van der Waals surface area contributed by atoms with Gasteiger partial charge >= 0.3 is 5.97 Å². The number of hydrogen-bond acceptors (Lipinski definition) is 5. The van der Waals surface area contributed by atoms with Crippen LogP contribution in [-0.4, -0.2) is 46.9 Å². The molecule has 0 saturated carbocycles. The number of rotatable bonds is 46. The van der Waals surface area contributed by atoms with Gasteiger partial charge in [-0.25, -0.2) is 0 Å². The van der Waals surface area contributed by atoms with Crippen LogP contribution in [0.15, 0.2) is 97.2 Å². The van der Waals surface area contributed by atoms with Crippen molar-refractivity contribution in [2.75, 3.05) is 6.61 Å². The van der Waals surface area contributed by atoms with Crippen LogP contribution in [0.1, 0.15) is 233 Å². The first kappa shape index (κ1) is 60.8. The summed E-state index contributed by atoms with van der Waals surface area (Å²) in [5, 5.41) is 23.8. The largest absolute Gasteiger partial charge is 0.462 e. The van der Waals surface area contributed by atoms with Gasteiger partial charge in [-0.2, -0.15) is 0 Å². The zero-order chi connectivity index (χ0) is 46.7. The molecule has 0 bridgehead atoms. The molecule has 0 fully saturated rings. The van der Waals surface area contributed by atoms with E-state index in [9.17, 15) is 19.8 Å². The van der Waals surface area contributed by atoms with Gasteiger partial charge in [-0.3, -0.25) is 9.59 Å². The van der Waals surface area contributed by atoms with E-state index in [1.165, 1.54) is 116 Å². The highest BCUT2D eigenvalue weighted by atomic mass is 16.5. The van der Waals surface area contributed by atoms with Crippen molar-refractivity contribution in [1.82, 2.24) is 5.32 Å². The van der Waals surface area contributed by atoms with Crippen LogP contribution in [0.25, 0.3) is 0 Å². The third kappa shape index (κ3) is 45.4. The Morgan fingerprint density at radius 1 is 0.484 bits per heavy atom. The Morgan fingerprint density at radius 3 is 1.45 bits per heavy atom. The molecule has 3 unspecified atom stereocenters. The van der Waals surface area contributed by atoms with Gasteiger partial charge in [0.05, 0.1) is 25.2 Å². The van der Waals surface area contributed by atoms with E-state index in [-0.39, 0.29) is 24.9 Å². The first-order valence-electron chi connectivity index (χ1n) is 26.5. The van der Waals surface area contributed by atoms with Gasteiger partial charge in [0.2, 0.25) is 5.91 Å². The highest BCUT2D eigenvalue weighted by molar-refractivity contribution is 5.77. The molecule has 6 heteroatoms. The number of nitrogens with one attached hydrogen (secondary N) is 1. The number of aliphatic hydroxyl groups is 2. The highest BCUT2D eigenvalue weighted by Gasteiger charge is 2.24. The summed E-state index contributed by atoms with van der Waals surface area (Å²) in [5.41, 5.74) is 0. The maximum atomic E-state index is 13.2. The number of hydrogen-bond donors (Lipinski definition) is 3. The van der Waals surface area contributed by atoms with Crippen molar-refractivity contribution >= 4 is 11.9 Å². The Balaban J connectivity index is 4.73. The maximum absolute atomic E-state index is 13.2. The maximum Gasteiger partial charge on any atom is 0.306 e. The van der Waals surface area contributed by atoms with Crippen LogP contribution in [-0.2, 0) is 14.3 Å². The van der Waals surface area contributed by atoms with Crippen LogP contribution in [0.5, 0.6) is 0 Å². The Morgan fingerprint density at radius 2 is 0.922 bits per heavy atom. The summed E-state index contributed by atoms with van der Waals surface area (Å²) in [6, 6.07) is -0.733. The van der Waals surface area contributed by atoms with Crippen LogP contribution in [0.2, 0.25) is 0 Å². The predicted octanol–water partition coefficient (Wildman–Crippen LogP) is 16.1. The lowest BCUT2D eigenvalue weighted by Gasteiger charge is -2.24. The summed E-state index contributed by atoms with van der Waals surface area (Å²) in [5.74, 6) is -0.563. The molecule has 0 aromatic carbocycles. The summed E-state index contributed by atoms with van der Waals surface area (Å²) in [6.07, 6.45) is 67.5. The number of aliphatic hydroxyl groups excluding tert-OH is 2. The molecule has 0 heterocycles. The van der Waals surface area contributed by atoms with E-state index in [0.29, 0.717) is 19.3 Å². The number of carbonyl (C=O) groups is 2. The van der Waals surface area contributed by atoms with Gasteiger partial charge < -0.3 is 20.3 Å². The number of amides is 1. The van der Waals surface area contributed by atoms with E-state index in [1.807, 2.05) is 60.8 Å². The summed E-state index contributed by atoms with van der Waals surface area (Å²) in [7, 11) is 0. The number of ether oxygens (including phenoxy) is 1. The quantitative estimate of drug-likeness (QED) is 0.0245. The molecule has 0 aliphatic heterocycles. The molecule has 0 spiro atoms. The van der Waals surface area contributed by atoms with Gasteiger partial charge in [0.25, 0.3) is 0 Å². The first-order valence-corrected chi connectivity index (χ1v) is 26.5. The fraction of sp³-hybridized carbons (Fsp3) is 0.690. The molecular weight excluding hydrogens is 791 g/mol. The third-order valence-electron chi connectivity index (χ3n) is 11.6. The average molecular weight is 890 g/mol. The lowest BCUT2D eigenvalue weighted by atomic mass is 10.0. The average Bonchev–Trinajstić information content (AvgIpc) is 3.29. The third-order valence-corrected chi connectivity index (χ3v) is 11.6. The second-order valence-electron chi connectivity index (χ2n) is 17.7. The van der Waals surface area contributed by atoms with Crippen molar-refractivity contribution in [3.63, 3.8) is 0 Å². The summed E-state index contributed by atoms with van der Waals surface area (Å²) >= 11 is 0. The molecule has 0 aliphatic rings. The van der Waals surface area contributed by atoms with Gasteiger partial charge in [-0.1, -0.05) is 246 Å². The molecule has 0 rings (SSSR count). The Labute approximate surface area is 395 Å². The zero-order valence-electron chi connectivity index (χ0n) is 41.6. The fourth-order valence-electron chi connectivity index (χ4n) is 7.56. The molecule has 0 radical (unpaired) electrons. The Hall–Kier alpha value is -3.22. The van der Waals surface area contributed by atoms with E-state index >= 15 is 0 Å². The first-order chi connectivity index (χ1) is 31.5. The summed E-state index contributed by atoms with van der Waals surface area (Å²) < 4.78 is 5.90. The van der Waals surface area contributed by atoms with Crippen molar-refractivity contribution in [3.8, 4) is 0 Å². The van der Waals surface area contributed by atoms with E-state index in [1.54, 1.807) is 0 Å². The van der Waals surface area contributed by atoms with Gasteiger partial charge in [-0.05, 0) is 70.6 Å². The Kier molecular flexibility index (Phi) is 48.2. The monoisotopic (exact) mass is 890 g/mol. The topological polar surface area (TPSA) is 95.9 Å². The van der Waals surface area contributed by atoms with Gasteiger partial charge in [0.1, 0.15) is 6.10 Å². The molecule has 0 aromatic heterocycles. The SMILES string of the molecule is CC\C=C/C=C/C=C/C=C\C=C\C=C\CCCC(CC(=O)NC(CO)C(O)CCCCCCCCCCCCCCC)OC(=O)CCCCCCCCC/C=C\C/C=C\CCCCC. The predicted molar refractivity (Wildman–Crippen MR) is 277 cm³/mol. The van der Waals surface area contributed by atoms with Crippen LogP contribution in [0, 0.1) is 0 Å². The molecule has 3 N–H and O–H groups in total. The minimum Gasteiger partial charge on any atom is -0.462 e. The molecule has 0 aromatic rings. The number of allylic oxidation sites excluding steroid dienone is 16. The van der Waals surface area contributed by atoms with Crippen molar-refractivity contribution < 1.29 is 24.5 Å². The normalized spacial score (nSPS) is 14.0. The smallest absolute Gasteiger partial charge is 0.306 e. The van der Waals surface area contributed by atoms with Gasteiger partial charge in [0.15, 0.2) is 0 Å². The second-order valence-corrected chi connectivity index (χ2v) is 17.7. The number of carbonyl (C=O) groups excluding carboxylic acids is 2. The lowest BCUT2D eigenvalue weighted by molar-refractivity contribution is -0.151. The van der Waals surface area contributed by atoms with Gasteiger partial charge in [-0.15, -0.1) is 0 Å². The zero-order valence-corrected chi connectivity index (χ0v) is 41.6. The van der Waals surface area contributed by atoms with Crippen LogP contribution < -0.4 is 5.32 Å². The summed E-state index contributed by atoms with van der Waals surface area (Å²) in [4.78, 5) is 26.2. The fourth-order valence-corrected chi connectivity index (χ4v) is 7.56. The molecule has 366 valence electrons. The van der Waals surface area contributed by atoms with E-state index in [2.05, 4.69) is 62.5 Å². The Bertz CT molecular complexity index is 1270. The lowest BCUT2D eigenvalue weighted by Crippen LogP contribution is -2.46. The van der Waals surface area contributed by atoms with Gasteiger partial charge in [0, 0.05) is 6.42 Å². The minimum absolute atomic E-state index is 0.0185. The number of unbranched alkanes of at least 4 members (excludes halogenated alkanes) is 23. The molecule has 3 atom stereocenters. The molecule has 0 saturated heterocycles. The number of esters is 1. The molecular formula is C58H99NO5. The van der Waals surface area contributed by atoms with Crippen LogP contribution >= 0.6 is 0 Å². The standard InChI is InChI=1S/C58H99NO5/c1-4-7-10-13-16-19-22-25-27-28-30-33-36-39-42-45-48-51-58(63)64-54(49-46-43-40-37-34-32-29-26-23-20-17-14-11-8-5-2)52-57(62)59-55(53-60)56(61)50-47-44-41-38-35-31-24-21-18-15-12-9-6-3/h8,11,14,16-17,19-20,23,25-27,29,32,34,37,40,54-56,60-61H,4-7,9-10,12-13,15,18,21-22,24,28,30-31,33,35-36,38-39,41-53H2,1-3H3,(H,59,62)/b11-8-,17-14+,19-16-,23-20+,27-25-,29-26-,34-32+,40-37+. The molecule has 0 aliphatic carbocycles. The van der Waals surface area contributed by atoms with Crippen molar-refractivity contribution in [3.05, 3.63) is 97.2 Å². The highest BCUT2D eigenvalue weighted by Crippen LogP contribution is 2.17. The molecule has 64 heavy (non-hydrogen) atoms.